The number of hydrogen-bond donors (Lipinski definition) is 1. The fraction of sp³-hybridized carbons (Fsp3) is 0.111. The minimum absolute atomic E-state index is 0.267. The van der Waals surface area contributed by atoms with Gasteiger partial charge in [0.2, 0.25) is 5.91 Å². The summed E-state index contributed by atoms with van der Waals surface area (Å²) in [6.45, 7) is 0. The highest BCUT2D eigenvalue weighted by molar-refractivity contribution is 6.02. The van der Waals surface area contributed by atoms with Gasteiger partial charge in [-0.1, -0.05) is 0 Å². The first kappa shape index (κ1) is 16.1. The molecule has 116 valence electrons. The maximum atomic E-state index is 11.9. The summed E-state index contributed by atoms with van der Waals surface area (Å²) in [6, 6.07) is 14.0. The van der Waals surface area contributed by atoms with Crippen LogP contribution in [-0.2, 0) is 4.79 Å². The van der Waals surface area contributed by atoms with Crippen molar-refractivity contribution in [1.29, 1.82) is 5.26 Å². The van der Waals surface area contributed by atoms with E-state index < -0.39 is 0 Å². The van der Waals surface area contributed by atoms with Gasteiger partial charge in [-0.2, -0.15) is 5.26 Å². The molecule has 0 unspecified atom stereocenters. The van der Waals surface area contributed by atoms with E-state index in [1.165, 1.54) is 6.08 Å². The molecule has 0 saturated carbocycles. The number of ether oxygens (including phenoxy) is 2. The minimum Gasteiger partial charge on any atom is -0.497 e. The van der Waals surface area contributed by atoms with Crippen molar-refractivity contribution in [2.75, 3.05) is 19.5 Å². The number of benzene rings is 2. The van der Waals surface area contributed by atoms with Crippen LogP contribution in [-0.4, -0.2) is 20.1 Å². The molecule has 0 radical (unpaired) electrons. The Hall–Kier alpha value is -3.26. The van der Waals surface area contributed by atoms with Gasteiger partial charge in [0.15, 0.2) is 0 Å². The highest BCUT2D eigenvalue weighted by Crippen LogP contribution is 2.23. The molecule has 0 saturated heterocycles. The van der Waals surface area contributed by atoms with E-state index >= 15 is 0 Å². The zero-order valence-corrected chi connectivity index (χ0v) is 12.9. The first-order valence-corrected chi connectivity index (χ1v) is 6.87. The fourth-order valence-corrected chi connectivity index (χ4v) is 1.91. The molecule has 23 heavy (non-hydrogen) atoms. The van der Waals surface area contributed by atoms with Crippen LogP contribution in [0.2, 0.25) is 0 Å². The molecule has 2 aromatic carbocycles. The van der Waals surface area contributed by atoms with Crippen molar-refractivity contribution >= 4 is 17.7 Å². The van der Waals surface area contributed by atoms with E-state index in [2.05, 4.69) is 5.32 Å². The van der Waals surface area contributed by atoms with Gasteiger partial charge in [-0.15, -0.1) is 0 Å². The highest BCUT2D eigenvalue weighted by atomic mass is 16.5. The van der Waals surface area contributed by atoms with E-state index in [4.69, 9.17) is 14.7 Å². The molecular formula is C18H16N2O3. The first-order valence-electron chi connectivity index (χ1n) is 6.87. The van der Waals surface area contributed by atoms with Gasteiger partial charge in [0.1, 0.15) is 11.5 Å². The minimum atomic E-state index is -0.267. The Morgan fingerprint density at radius 1 is 1.09 bits per heavy atom. The Morgan fingerprint density at radius 2 is 1.70 bits per heavy atom. The van der Waals surface area contributed by atoms with Gasteiger partial charge in [-0.05, 0) is 48.0 Å². The Morgan fingerprint density at radius 3 is 2.22 bits per heavy atom. The van der Waals surface area contributed by atoms with Crippen LogP contribution in [0.3, 0.4) is 0 Å². The normalized spacial score (nSPS) is 10.1. The van der Waals surface area contributed by atoms with Crippen LogP contribution in [0.25, 0.3) is 6.08 Å². The lowest BCUT2D eigenvalue weighted by Gasteiger charge is -2.06. The molecule has 5 nitrogen and oxygen atoms in total. The summed E-state index contributed by atoms with van der Waals surface area (Å²) in [7, 11) is 3.14. The molecule has 0 aliphatic rings. The largest absolute Gasteiger partial charge is 0.497 e. The maximum absolute atomic E-state index is 11.9. The number of nitriles is 1. The second kappa shape index (κ2) is 7.66. The number of anilines is 1. The number of carbonyl (C=O) groups is 1. The average Bonchev–Trinajstić information content (AvgIpc) is 2.60. The SMILES string of the molecule is COc1cc(/C=C/C(=O)Nc2ccc(C#N)cc2)cc(OC)c1. The van der Waals surface area contributed by atoms with Gasteiger partial charge in [0, 0.05) is 17.8 Å². The van der Waals surface area contributed by atoms with E-state index in [0.29, 0.717) is 22.7 Å². The highest BCUT2D eigenvalue weighted by Gasteiger charge is 2.01. The summed E-state index contributed by atoms with van der Waals surface area (Å²) in [4.78, 5) is 11.9. The number of hydrogen-bond acceptors (Lipinski definition) is 4. The molecule has 2 rings (SSSR count). The molecule has 0 aliphatic heterocycles. The third-order valence-corrected chi connectivity index (χ3v) is 3.08. The van der Waals surface area contributed by atoms with Crippen LogP contribution in [0.5, 0.6) is 11.5 Å². The molecule has 0 heterocycles. The lowest BCUT2D eigenvalue weighted by molar-refractivity contribution is -0.111. The second-order valence-electron chi connectivity index (χ2n) is 4.66. The lowest BCUT2D eigenvalue weighted by Crippen LogP contribution is -2.07. The standard InChI is InChI=1S/C18H16N2O3/c1-22-16-9-14(10-17(11-16)23-2)5-8-18(21)20-15-6-3-13(12-19)4-7-15/h3-11H,1-2H3,(H,20,21)/b8-5+. The van der Waals surface area contributed by atoms with Crippen LogP contribution in [0.1, 0.15) is 11.1 Å². The Labute approximate surface area is 134 Å². The summed E-state index contributed by atoms with van der Waals surface area (Å²) in [5, 5.41) is 11.5. The predicted octanol–water partition coefficient (Wildman–Crippen LogP) is 3.23. The molecule has 0 bridgehead atoms. The summed E-state index contributed by atoms with van der Waals surface area (Å²) in [5.41, 5.74) is 1.96. The molecule has 1 N–H and O–H groups in total. The Bertz CT molecular complexity index is 737. The molecule has 0 atom stereocenters. The van der Waals surface area contributed by atoms with Crippen molar-refractivity contribution in [3.05, 3.63) is 59.7 Å². The Balaban J connectivity index is 2.07. The maximum Gasteiger partial charge on any atom is 0.248 e. The van der Waals surface area contributed by atoms with E-state index in [1.807, 2.05) is 6.07 Å². The molecule has 5 heteroatoms. The number of rotatable bonds is 5. The summed E-state index contributed by atoms with van der Waals surface area (Å²) >= 11 is 0. The van der Waals surface area contributed by atoms with Crippen molar-refractivity contribution in [2.45, 2.75) is 0 Å². The van der Waals surface area contributed by atoms with Crippen molar-refractivity contribution in [3.63, 3.8) is 0 Å². The summed E-state index contributed by atoms with van der Waals surface area (Å²) < 4.78 is 10.4. The van der Waals surface area contributed by atoms with Gasteiger partial charge in [0.05, 0.1) is 25.9 Å². The van der Waals surface area contributed by atoms with E-state index in [1.54, 1.807) is 62.8 Å². The van der Waals surface area contributed by atoms with Gasteiger partial charge >= 0.3 is 0 Å². The molecule has 0 spiro atoms. The van der Waals surface area contributed by atoms with Gasteiger partial charge in [0.25, 0.3) is 0 Å². The van der Waals surface area contributed by atoms with E-state index in [9.17, 15) is 4.79 Å². The zero-order chi connectivity index (χ0) is 16.7. The smallest absolute Gasteiger partial charge is 0.248 e. The number of nitrogens with zero attached hydrogens (tertiary/aromatic N) is 1. The second-order valence-corrected chi connectivity index (χ2v) is 4.66. The number of carbonyl (C=O) groups excluding carboxylic acids is 1. The fourth-order valence-electron chi connectivity index (χ4n) is 1.91. The van der Waals surface area contributed by atoms with Crippen LogP contribution in [0.15, 0.2) is 48.5 Å². The quantitative estimate of drug-likeness (QED) is 0.861. The number of amides is 1. The van der Waals surface area contributed by atoms with E-state index in [-0.39, 0.29) is 5.91 Å². The third kappa shape index (κ3) is 4.61. The van der Waals surface area contributed by atoms with Crippen LogP contribution in [0.4, 0.5) is 5.69 Å². The monoisotopic (exact) mass is 308 g/mol. The predicted molar refractivity (Wildman–Crippen MR) is 88.4 cm³/mol. The first-order chi connectivity index (χ1) is 11.1. The number of methoxy groups -OCH3 is 2. The van der Waals surface area contributed by atoms with Crippen molar-refractivity contribution in [2.24, 2.45) is 0 Å². The lowest BCUT2D eigenvalue weighted by atomic mass is 10.2. The van der Waals surface area contributed by atoms with E-state index in [0.717, 1.165) is 5.56 Å². The molecule has 0 aliphatic carbocycles. The number of nitrogens with one attached hydrogen (secondary N) is 1. The third-order valence-electron chi connectivity index (χ3n) is 3.08. The molecular weight excluding hydrogens is 292 g/mol. The van der Waals surface area contributed by atoms with Crippen LogP contribution >= 0.6 is 0 Å². The van der Waals surface area contributed by atoms with Crippen LogP contribution in [0, 0.1) is 11.3 Å². The molecule has 0 aromatic heterocycles. The van der Waals surface area contributed by atoms with Gasteiger partial charge in [-0.25, -0.2) is 0 Å². The van der Waals surface area contributed by atoms with Crippen molar-refractivity contribution in [1.82, 2.24) is 0 Å². The summed E-state index contributed by atoms with van der Waals surface area (Å²) in [5.74, 6) is 1.03. The van der Waals surface area contributed by atoms with Crippen molar-refractivity contribution < 1.29 is 14.3 Å². The van der Waals surface area contributed by atoms with Crippen LogP contribution < -0.4 is 14.8 Å². The topological polar surface area (TPSA) is 71.3 Å². The Kier molecular flexibility index (Phi) is 5.37. The van der Waals surface area contributed by atoms with Gasteiger partial charge < -0.3 is 14.8 Å². The van der Waals surface area contributed by atoms with Gasteiger partial charge in [-0.3, -0.25) is 4.79 Å². The summed E-state index contributed by atoms with van der Waals surface area (Å²) in [6.07, 6.45) is 3.09. The molecule has 2 aromatic rings. The molecule has 0 fully saturated rings. The van der Waals surface area contributed by atoms with Crippen molar-refractivity contribution in [3.8, 4) is 17.6 Å². The average molecular weight is 308 g/mol. The zero-order valence-electron chi connectivity index (χ0n) is 12.9. The molecule has 1 amide bonds.